The summed E-state index contributed by atoms with van der Waals surface area (Å²) in [7, 11) is 0. The van der Waals surface area contributed by atoms with Gasteiger partial charge < -0.3 is 10.6 Å². The number of hydrogen-bond donors (Lipinski definition) is 2. The Kier molecular flexibility index (Phi) is 5.61. The number of carbonyl (C=O) groups is 2. The van der Waals surface area contributed by atoms with Crippen molar-refractivity contribution in [2.75, 3.05) is 11.6 Å². The third kappa shape index (κ3) is 4.63. The second-order valence-electron chi connectivity index (χ2n) is 4.85. The van der Waals surface area contributed by atoms with Crippen LogP contribution >= 0.6 is 11.8 Å². The number of aryl methyl sites for hydroxylation is 1. The number of amides is 2. The lowest BCUT2D eigenvalue weighted by Crippen LogP contribution is -2.34. The van der Waals surface area contributed by atoms with Crippen LogP contribution in [-0.4, -0.2) is 18.1 Å². The molecule has 2 N–H and O–H groups in total. The van der Waals surface area contributed by atoms with Crippen molar-refractivity contribution in [3.63, 3.8) is 0 Å². The second kappa shape index (κ2) is 7.66. The Balaban J connectivity index is 1.89. The highest BCUT2D eigenvalue weighted by Gasteiger charge is 2.13. The molecule has 0 saturated carbocycles. The number of benzene rings is 2. The van der Waals surface area contributed by atoms with Crippen LogP contribution in [0.2, 0.25) is 0 Å². The molecule has 0 radical (unpaired) electrons. The van der Waals surface area contributed by atoms with Crippen LogP contribution in [0, 0.1) is 6.92 Å². The molecule has 0 bridgehead atoms. The van der Waals surface area contributed by atoms with Crippen LogP contribution < -0.4 is 10.6 Å². The molecule has 0 aliphatic carbocycles. The maximum Gasteiger partial charge on any atom is 0.313 e. The third-order valence-electron chi connectivity index (χ3n) is 3.11. The van der Waals surface area contributed by atoms with Crippen molar-refractivity contribution >= 4 is 29.3 Å². The zero-order chi connectivity index (χ0) is 15.9. The first kappa shape index (κ1) is 16.1. The molecule has 0 atom stereocenters. The maximum atomic E-state index is 11.9. The van der Waals surface area contributed by atoms with Crippen LogP contribution in [0.3, 0.4) is 0 Å². The molecular formula is C17H18N2O2S. The Morgan fingerprint density at radius 3 is 2.45 bits per heavy atom. The van der Waals surface area contributed by atoms with Gasteiger partial charge in [0.05, 0.1) is 0 Å². The first-order chi connectivity index (χ1) is 10.6. The van der Waals surface area contributed by atoms with Gasteiger partial charge in [0.25, 0.3) is 0 Å². The molecule has 0 unspecified atom stereocenters. The summed E-state index contributed by atoms with van der Waals surface area (Å²) in [6.45, 7) is 2.33. The van der Waals surface area contributed by atoms with E-state index >= 15 is 0 Å². The van der Waals surface area contributed by atoms with Gasteiger partial charge in [-0.15, -0.1) is 11.8 Å². The van der Waals surface area contributed by atoms with E-state index in [9.17, 15) is 9.59 Å². The standard InChI is InChI=1S/C17H18N2O2S/c1-12-6-8-13(9-7-12)11-18-16(20)17(21)19-14-4-3-5-15(10-14)22-2/h3-10H,11H2,1-2H3,(H,18,20)(H,19,21). The lowest BCUT2D eigenvalue weighted by Gasteiger charge is -2.07. The maximum absolute atomic E-state index is 11.9. The molecule has 2 aromatic rings. The minimum absolute atomic E-state index is 0.331. The van der Waals surface area contributed by atoms with Gasteiger partial charge in [-0.25, -0.2) is 0 Å². The SMILES string of the molecule is CSc1cccc(NC(=O)C(=O)NCc2ccc(C)cc2)c1. The zero-order valence-corrected chi connectivity index (χ0v) is 13.4. The fourth-order valence-corrected chi connectivity index (χ4v) is 2.32. The van der Waals surface area contributed by atoms with Crippen LogP contribution in [0.5, 0.6) is 0 Å². The number of hydrogen-bond acceptors (Lipinski definition) is 3. The van der Waals surface area contributed by atoms with Crippen molar-refractivity contribution < 1.29 is 9.59 Å². The summed E-state index contributed by atoms with van der Waals surface area (Å²) in [5.74, 6) is -1.31. The molecule has 2 amide bonds. The van der Waals surface area contributed by atoms with E-state index in [4.69, 9.17) is 0 Å². The smallest absolute Gasteiger partial charge is 0.313 e. The van der Waals surface area contributed by atoms with Crippen LogP contribution in [0.1, 0.15) is 11.1 Å². The molecule has 0 aromatic heterocycles. The van der Waals surface area contributed by atoms with Gasteiger partial charge in [-0.3, -0.25) is 9.59 Å². The van der Waals surface area contributed by atoms with Crippen molar-refractivity contribution in [2.45, 2.75) is 18.4 Å². The van der Waals surface area contributed by atoms with E-state index in [1.807, 2.05) is 55.6 Å². The summed E-state index contributed by atoms with van der Waals surface area (Å²) < 4.78 is 0. The fourth-order valence-electron chi connectivity index (χ4n) is 1.86. The molecule has 5 heteroatoms. The summed E-state index contributed by atoms with van der Waals surface area (Å²) in [6, 6.07) is 15.2. The van der Waals surface area contributed by atoms with E-state index in [0.29, 0.717) is 12.2 Å². The highest BCUT2D eigenvalue weighted by molar-refractivity contribution is 7.98. The first-order valence-corrected chi connectivity index (χ1v) is 8.10. The Morgan fingerprint density at radius 2 is 1.77 bits per heavy atom. The number of nitrogens with one attached hydrogen (secondary N) is 2. The van der Waals surface area contributed by atoms with Crippen LogP contribution in [0.4, 0.5) is 5.69 Å². The van der Waals surface area contributed by atoms with E-state index < -0.39 is 11.8 Å². The number of carbonyl (C=O) groups excluding carboxylic acids is 2. The normalized spacial score (nSPS) is 10.1. The molecule has 0 saturated heterocycles. The van der Waals surface area contributed by atoms with E-state index in [-0.39, 0.29) is 0 Å². The van der Waals surface area contributed by atoms with Gasteiger partial charge >= 0.3 is 11.8 Å². The quantitative estimate of drug-likeness (QED) is 0.674. The summed E-state index contributed by atoms with van der Waals surface area (Å²) in [5, 5.41) is 5.21. The monoisotopic (exact) mass is 314 g/mol. The van der Waals surface area contributed by atoms with Crippen molar-refractivity contribution in [3.05, 3.63) is 59.7 Å². The van der Waals surface area contributed by atoms with E-state index in [2.05, 4.69) is 10.6 Å². The Morgan fingerprint density at radius 1 is 1.05 bits per heavy atom. The third-order valence-corrected chi connectivity index (χ3v) is 3.83. The van der Waals surface area contributed by atoms with E-state index in [0.717, 1.165) is 16.0 Å². The average molecular weight is 314 g/mol. The molecule has 0 aliphatic heterocycles. The number of rotatable bonds is 4. The average Bonchev–Trinajstić information content (AvgIpc) is 2.54. The van der Waals surface area contributed by atoms with Crippen molar-refractivity contribution in [2.24, 2.45) is 0 Å². The second-order valence-corrected chi connectivity index (χ2v) is 5.73. The highest BCUT2D eigenvalue weighted by Crippen LogP contribution is 2.18. The number of anilines is 1. The molecular weight excluding hydrogens is 296 g/mol. The van der Waals surface area contributed by atoms with Crippen molar-refractivity contribution in [3.8, 4) is 0 Å². The molecule has 0 spiro atoms. The summed E-state index contributed by atoms with van der Waals surface area (Å²) >= 11 is 1.58. The first-order valence-electron chi connectivity index (χ1n) is 6.87. The summed E-state index contributed by atoms with van der Waals surface area (Å²) in [5.41, 5.74) is 2.72. The van der Waals surface area contributed by atoms with Gasteiger partial charge in [0.2, 0.25) is 0 Å². The van der Waals surface area contributed by atoms with Crippen LogP contribution in [-0.2, 0) is 16.1 Å². The Bertz CT molecular complexity index is 669. The van der Waals surface area contributed by atoms with Gasteiger partial charge in [-0.1, -0.05) is 35.9 Å². The van der Waals surface area contributed by atoms with Gasteiger partial charge in [-0.05, 0) is 36.9 Å². The molecule has 114 valence electrons. The summed E-state index contributed by atoms with van der Waals surface area (Å²) in [6.07, 6.45) is 1.95. The number of thioether (sulfide) groups is 1. The van der Waals surface area contributed by atoms with E-state index in [1.165, 1.54) is 0 Å². The van der Waals surface area contributed by atoms with Gasteiger partial charge in [0.1, 0.15) is 0 Å². The van der Waals surface area contributed by atoms with Crippen molar-refractivity contribution in [1.29, 1.82) is 0 Å². The molecule has 0 fully saturated rings. The van der Waals surface area contributed by atoms with Gasteiger partial charge in [-0.2, -0.15) is 0 Å². The molecule has 0 heterocycles. The lowest BCUT2D eigenvalue weighted by atomic mass is 10.1. The van der Waals surface area contributed by atoms with Crippen LogP contribution in [0.15, 0.2) is 53.4 Å². The molecule has 2 rings (SSSR count). The largest absolute Gasteiger partial charge is 0.344 e. The van der Waals surface area contributed by atoms with E-state index in [1.54, 1.807) is 17.8 Å². The molecule has 22 heavy (non-hydrogen) atoms. The minimum Gasteiger partial charge on any atom is -0.344 e. The zero-order valence-electron chi connectivity index (χ0n) is 12.6. The Labute approximate surface area is 134 Å². The predicted molar refractivity (Wildman–Crippen MR) is 89.9 cm³/mol. The highest BCUT2D eigenvalue weighted by atomic mass is 32.2. The molecule has 4 nitrogen and oxygen atoms in total. The molecule has 2 aromatic carbocycles. The van der Waals surface area contributed by atoms with Gasteiger partial charge in [0.15, 0.2) is 0 Å². The topological polar surface area (TPSA) is 58.2 Å². The lowest BCUT2D eigenvalue weighted by molar-refractivity contribution is -0.136. The fraction of sp³-hybridized carbons (Fsp3) is 0.176. The molecule has 0 aliphatic rings. The predicted octanol–water partition coefficient (Wildman–Crippen LogP) is 2.97. The van der Waals surface area contributed by atoms with Gasteiger partial charge in [0, 0.05) is 17.1 Å². The van der Waals surface area contributed by atoms with Crippen LogP contribution in [0.25, 0.3) is 0 Å². The van der Waals surface area contributed by atoms with Crippen molar-refractivity contribution in [1.82, 2.24) is 5.32 Å². The Hall–Kier alpha value is -2.27. The summed E-state index contributed by atoms with van der Waals surface area (Å²) in [4.78, 5) is 24.7. The minimum atomic E-state index is -0.662.